The molecule has 2 rings (SSSR count). The van der Waals surface area contributed by atoms with Gasteiger partial charge in [-0.3, -0.25) is 14.8 Å². The molecule has 0 bridgehead atoms. The second-order valence-corrected chi connectivity index (χ2v) is 7.70. The zero-order valence-electron chi connectivity index (χ0n) is 15.9. The Morgan fingerprint density at radius 2 is 2.04 bits per heavy atom. The van der Waals surface area contributed by atoms with Crippen LogP contribution < -0.4 is 11.2 Å². The van der Waals surface area contributed by atoms with Crippen molar-refractivity contribution in [2.75, 3.05) is 19.6 Å². The van der Waals surface area contributed by atoms with Crippen molar-refractivity contribution in [2.24, 2.45) is 17.3 Å². The largest absolute Gasteiger partial charge is 0.358 e. The Morgan fingerprint density at radius 1 is 1.35 bits per heavy atom. The number of nitrogens with one attached hydrogen (secondary N) is 1. The quantitative estimate of drug-likeness (QED) is 0.455. The van der Waals surface area contributed by atoms with Crippen molar-refractivity contribution < 1.29 is 20.5 Å². The van der Waals surface area contributed by atoms with Gasteiger partial charge >= 0.3 is 0 Å². The lowest BCUT2D eigenvalue weighted by Crippen LogP contribution is -2.55. The molecular formula is C20H32N3O3+. The highest BCUT2D eigenvalue weighted by atomic mass is 16.5. The molecule has 0 saturated carbocycles. The minimum atomic E-state index is -0.741. The minimum Gasteiger partial charge on any atom is -0.358 e. The van der Waals surface area contributed by atoms with E-state index in [4.69, 9.17) is 0 Å². The summed E-state index contributed by atoms with van der Waals surface area (Å²) in [5.41, 5.74) is 6.10. The summed E-state index contributed by atoms with van der Waals surface area (Å²) in [5.74, 6) is -0.676. The van der Waals surface area contributed by atoms with Gasteiger partial charge in [-0.1, -0.05) is 44.2 Å². The molecular weight excluding hydrogens is 330 g/mol. The van der Waals surface area contributed by atoms with Crippen LogP contribution in [-0.4, -0.2) is 41.6 Å². The number of hydroxylamine groups is 1. The van der Waals surface area contributed by atoms with Crippen molar-refractivity contribution >= 4 is 11.8 Å². The summed E-state index contributed by atoms with van der Waals surface area (Å²) < 4.78 is 0. The van der Waals surface area contributed by atoms with Crippen LogP contribution in [0, 0.1) is 17.3 Å². The number of hydrogen-bond donors (Lipinski definition) is 3. The molecule has 1 aromatic carbocycles. The van der Waals surface area contributed by atoms with Gasteiger partial charge in [0.25, 0.3) is 0 Å². The van der Waals surface area contributed by atoms with E-state index >= 15 is 0 Å². The van der Waals surface area contributed by atoms with Gasteiger partial charge in [-0.2, -0.15) is 0 Å². The van der Waals surface area contributed by atoms with E-state index in [0.717, 1.165) is 6.42 Å². The number of carbonyl (C=O) groups excluding carboxylic acids is 2. The van der Waals surface area contributed by atoms with Crippen LogP contribution in [0.4, 0.5) is 0 Å². The van der Waals surface area contributed by atoms with Crippen LogP contribution in [0.2, 0.25) is 0 Å². The molecule has 1 heterocycles. The van der Waals surface area contributed by atoms with Crippen molar-refractivity contribution in [3.8, 4) is 0 Å². The van der Waals surface area contributed by atoms with Crippen LogP contribution in [-0.2, 0) is 16.0 Å². The fourth-order valence-corrected chi connectivity index (χ4v) is 4.30. The third kappa shape index (κ3) is 4.43. The van der Waals surface area contributed by atoms with E-state index in [9.17, 15) is 14.8 Å². The van der Waals surface area contributed by atoms with E-state index < -0.39 is 17.2 Å². The monoisotopic (exact) mass is 362 g/mol. The van der Waals surface area contributed by atoms with Gasteiger partial charge < -0.3 is 10.6 Å². The number of benzene rings is 1. The first-order chi connectivity index (χ1) is 12.4. The SMILES string of the molecule is CC(C)C[C@@]1(C(CC[NH3+])C(=O)NO)CCN(CCc2ccccc2)C1=O. The van der Waals surface area contributed by atoms with Crippen LogP contribution in [0.15, 0.2) is 30.3 Å². The number of quaternary nitrogens is 1. The summed E-state index contributed by atoms with van der Waals surface area (Å²) in [6.07, 6.45) is 2.59. The lowest BCUT2D eigenvalue weighted by molar-refractivity contribution is -0.370. The van der Waals surface area contributed by atoms with Gasteiger partial charge in [0.15, 0.2) is 0 Å². The highest BCUT2D eigenvalue weighted by Gasteiger charge is 2.54. The number of carbonyl (C=O) groups is 2. The average Bonchev–Trinajstić information content (AvgIpc) is 2.94. The van der Waals surface area contributed by atoms with Crippen molar-refractivity contribution in [3.05, 3.63) is 35.9 Å². The average molecular weight is 362 g/mol. The normalized spacial score (nSPS) is 21.3. The Morgan fingerprint density at radius 3 is 2.62 bits per heavy atom. The molecule has 0 spiro atoms. The van der Waals surface area contributed by atoms with Gasteiger partial charge in [0.05, 0.1) is 17.9 Å². The summed E-state index contributed by atoms with van der Waals surface area (Å²) in [4.78, 5) is 27.6. The number of hydrogen-bond acceptors (Lipinski definition) is 3. The van der Waals surface area contributed by atoms with Crippen LogP contribution in [0.3, 0.4) is 0 Å². The van der Waals surface area contributed by atoms with E-state index in [2.05, 4.69) is 31.7 Å². The summed E-state index contributed by atoms with van der Waals surface area (Å²) in [6, 6.07) is 10.1. The lowest BCUT2D eigenvalue weighted by atomic mass is 9.67. The molecule has 2 atom stereocenters. The topological polar surface area (TPSA) is 97.3 Å². The maximum atomic E-state index is 13.4. The van der Waals surface area contributed by atoms with Crippen LogP contribution in [0.1, 0.15) is 38.7 Å². The van der Waals surface area contributed by atoms with Gasteiger partial charge in [-0.15, -0.1) is 0 Å². The standard InChI is InChI=1S/C20H31N3O3/c1-15(2)14-20(17(8-11-21)18(24)22-26)10-13-23(19(20)25)12-9-16-6-4-3-5-7-16/h3-7,15,17,26H,8-14,21H2,1-2H3,(H,22,24)/p+1/t17?,20-/m1/s1. The number of nitrogens with zero attached hydrogens (tertiary/aromatic N) is 1. The molecule has 1 unspecified atom stereocenters. The fourth-order valence-electron chi connectivity index (χ4n) is 4.30. The van der Waals surface area contributed by atoms with E-state index in [0.29, 0.717) is 38.9 Å². The predicted molar refractivity (Wildman–Crippen MR) is 99.0 cm³/mol. The maximum Gasteiger partial charge on any atom is 0.247 e. The summed E-state index contributed by atoms with van der Waals surface area (Å²) in [5, 5.41) is 9.20. The zero-order valence-corrected chi connectivity index (χ0v) is 15.9. The van der Waals surface area contributed by atoms with Crippen molar-refractivity contribution in [1.29, 1.82) is 0 Å². The molecule has 5 N–H and O–H groups in total. The second-order valence-electron chi connectivity index (χ2n) is 7.70. The Balaban J connectivity index is 2.20. The fraction of sp³-hybridized carbons (Fsp3) is 0.600. The van der Waals surface area contributed by atoms with Crippen molar-refractivity contribution in [3.63, 3.8) is 0 Å². The Labute approximate surface area is 155 Å². The highest BCUT2D eigenvalue weighted by Crippen LogP contribution is 2.45. The first-order valence-corrected chi connectivity index (χ1v) is 9.51. The Kier molecular flexibility index (Phi) is 7.17. The van der Waals surface area contributed by atoms with E-state index in [1.165, 1.54) is 5.56 Å². The third-order valence-corrected chi connectivity index (χ3v) is 5.41. The first kappa shape index (κ1) is 20.4. The minimum absolute atomic E-state index is 0.0455. The van der Waals surface area contributed by atoms with E-state index in [1.807, 2.05) is 23.1 Å². The zero-order chi connectivity index (χ0) is 19.2. The summed E-state index contributed by atoms with van der Waals surface area (Å²) in [7, 11) is 0. The molecule has 26 heavy (non-hydrogen) atoms. The maximum absolute atomic E-state index is 13.4. The molecule has 1 saturated heterocycles. The van der Waals surface area contributed by atoms with Gasteiger partial charge in [0.1, 0.15) is 0 Å². The molecule has 0 aliphatic carbocycles. The molecule has 1 aliphatic heterocycles. The molecule has 1 aromatic rings. The molecule has 6 nitrogen and oxygen atoms in total. The smallest absolute Gasteiger partial charge is 0.247 e. The summed E-state index contributed by atoms with van der Waals surface area (Å²) >= 11 is 0. The third-order valence-electron chi connectivity index (χ3n) is 5.41. The molecule has 1 aliphatic rings. The first-order valence-electron chi connectivity index (χ1n) is 9.51. The van der Waals surface area contributed by atoms with Crippen molar-refractivity contribution in [2.45, 2.75) is 39.5 Å². The number of likely N-dealkylation sites (tertiary alicyclic amines) is 1. The van der Waals surface area contributed by atoms with Crippen molar-refractivity contribution in [1.82, 2.24) is 10.4 Å². The van der Waals surface area contributed by atoms with Gasteiger partial charge in [0.2, 0.25) is 11.8 Å². The van der Waals surface area contributed by atoms with E-state index in [1.54, 1.807) is 5.48 Å². The molecule has 0 radical (unpaired) electrons. The molecule has 1 fully saturated rings. The molecule has 6 heteroatoms. The second kappa shape index (κ2) is 9.14. The number of amides is 2. The Bertz CT molecular complexity index is 606. The van der Waals surface area contributed by atoms with Crippen LogP contribution >= 0.6 is 0 Å². The molecule has 2 amide bonds. The lowest BCUT2D eigenvalue weighted by Gasteiger charge is -2.35. The van der Waals surface area contributed by atoms with E-state index in [-0.39, 0.29) is 11.8 Å². The van der Waals surface area contributed by atoms with Crippen LogP contribution in [0.5, 0.6) is 0 Å². The highest BCUT2D eigenvalue weighted by molar-refractivity contribution is 5.91. The Hall–Kier alpha value is -1.92. The molecule has 144 valence electrons. The van der Waals surface area contributed by atoms with Gasteiger partial charge in [0, 0.05) is 19.5 Å². The van der Waals surface area contributed by atoms with Crippen LogP contribution in [0.25, 0.3) is 0 Å². The van der Waals surface area contributed by atoms with Gasteiger partial charge in [-0.25, -0.2) is 5.48 Å². The number of rotatable bonds is 9. The predicted octanol–water partition coefficient (Wildman–Crippen LogP) is 1.25. The molecule has 0 aromatic heterocycles. The van der Waals surface area contributed by atoms with Gasteiger partial charge in [-0.05, 0) is 30.7 Å². The summed E-state index contributed by atoms with van der Waals surface area (Å²) in [6.45, 7) is 6.00.